The summed E-state index contributed by atoms with van der Waals surface area (Å²) in [6, 6.07) is 9.92. The van der Waals surface area contributed by atoms with Gasteiger partial charge in [0, 0.05) is 17.5 Å². The highest BCUT2D eigenvalue weighted by Gasteiger charge is 2.20. The molecule has 0 aliphatic rings. The molecule has 0 unspecified atom stereocenters. The summed E-state index contributed by atoms with van der Waals surface area (Å²) in [5.41, 5.74) is 1.14. The average molecular weight is 312 g/mol. The van der Waals surface area contributed by atoms with Gasteiger partial charge in [-0.25, -0.2) is 9.37 Å². The van der Waals surface area contributed by atoms with E-state index in [0.717, 1.165) is 0 Å². The summed E-state index contributed by atoms with van der Waals surface area (Å²) in [5, 5.41) is 5.92. The predicted molar refractivity (Wildman–Crippen MR) is 79.4 cm³/mol. The molecule has 0 amide bonds. The van der Waals surface area contributed by atoms with Crippen LogP contribution in [0.2, 0.25) is 0 Å². The number of nitrogens with one attached hydrogen (secondary N) is 1. The molecule has 0 bridgehead atoms. The number of hydrogen-bond acceptors (Lipinski definition) is 4. The molecule has 6 nitrogen and oxygen atoms in total. The first-order valence-electron chi connectivity index (χ1n) is 6.95. The third kappa shape index (κ3) is 3.23. The first-order valence-corrected chi connectivity index (χ1v) is 6.95. The largest absolute Gasteiger partial charge is 0.347 e. The SMILES string of the molecule is O=C(Cc1cccn1Cc1ccccc1F)C(=O)c1ncn[nH]1. The van der Waals surface area contributed by atoms with Crippen LogP contribution in [-0.4, -0.2) is 31.3 Å². The van der Waals surface area contributed by atoms with E-state index in [-0.39, 0.29) is 18.1 Å². The van der Waals surface area contributed by atoms with Crippen molar-refractivity contribution in [3.05, 3.63) is 71.8 Å². The number of aromatic amines is 1. The van der Waals surface area contributed by atoms with Gasteiger partial charge in [-0.3, -0.25) is 14.7 Å². The van der Waals surface area contributed by atoms with Crippen molar-refractivity contribution in [2.75, 3.05) is 0 Å². The van der Waals surface area contributed by atoms with Crippen molar-refractivity contribution in [1.29, 1.82) is 0 Å². The van der Waals surface area contributed by atoms with Crippen molar-refractivity contribution < 1.29 is 14.0 Å². The van der Waals surface area contributed by atoms with Crippen LogP contribution in [0.15, 0.2) is 48.9 Å². The summed E-state index contributed by atoms with van der Waals surface area (Å²) >= 11 is 0. The maximum absolute atomic E-state index is 13.7. The average Bonchev–Trinajstić information content (AvgIpc) is 3.21. The standard InChI is InChI=1S/C16H13FN4O2/c17-13-6-2-1-4-11(13)9-21-7-3-5-12(21)8-14(22)15(23)16-18-10-19-20-16/h1-7,10H,8-9H2,(H,18,19,20). The Hall–Kier alpha value is -3.09. The Morgan fingerprint density at radius 1 is 1.17 bits per heavy atom. The fourth-order valence-electron chi connectivity index (χ4n) is 2.27. The zero-order chi connectivity index (χ0) is 16.2. The van der Waals surface area contributed by atoms with E-state index in [4.69, 9.17) is 0 Å². The number of nitrogens with zero attached hydrogens (tertiary/aromatic N) is 3. The fraction of sp³-hybridized carbons (Fsp3) is 0.125. The third-order valence-corrected chi connectivity index (χ3v) is 3.45. The Balaban J connectivity index is 1.75. The number of aromatic nitrogens is 4. The number of Topliss-reactive ketones (excluding diaryl/α,β-unsaturated/α-hetero) is 2. The molecule has 1 N–H and O–H groups in total. The minimum Gasteiger partial charge on any atom is -0.347 e. The van der Waals surface area contributed by atoms with E-state index in [2.05, 4.69) is 15.2 Å². The van der Waals surface area contributed by atoms with E-state index < -0.39 is 11.6 Å². The van der Waals surface area contributed by atoms with E-state index in [1.54, 1.807) is 41.1 Å². The Kier molecular flexibility index (Phi) is 4.09. The van der Waals surface area contributed by atoms with Gasteiger partial charge in [0.15, 0.2) is 5.82 Å². The summed E-state index contributed by atoms with van der Waals surface area (Å²) in [4.78, 5) is 27.6. The second kappa shape index (κ2) is 6.35. The maximum atomic E-state index is 13.7. The summed E-state index contributed by atoms with van der Waals surface area (Å²) in [5.74, 6) is -1.71. The van der Waals surface area contributed by atoms with Gasteiger partial charge in [0.1, 0.15) is 12.1 Å². The summed E-state index contributed by atoms with van der Waals surface area (Å²) in [6.07, 6.45) is 2.83. The highest BCUT2D eigenvalue weighted by atomic mass is 19.1. The van der Waals surface area contributed by atoms with E-state index >= 15 is 0 Å². The van der Waals surface area contributed by atoms with Gasteiger partial charge < -0.3 is 4.57 Å². The topological polar surface area (TPSA) is 80.6 Å². The van der Waals surface area contributed by atoms with Gasteiger partial charge in [-0.2, -0.15) is 5.10 Å². The van der Waals surface area contributed by atoms with Crippen LogP contribution >= 0.6 is 0 Å². The molecule has 0 saturated carbocycles. The molecule has 1 aromatic carbocycles. The van der Waals surface area contributed by atoms with Crippen molar-refractivity contribution in [2.24, 2.45) is 0 Å². The Morgan fingerprint density at radius 3 is 2.74 bits per heavy atom. The minimum absolute atomic E-state index is 0.0813. The number of halogens is 1. The molecule has 0 fully saturated rings. The van der Waals surface area contributed by atoms with Crippen LogP contribution in [0.3, 0.4) is 0 Å². The summed E-state index contributed by atoms with van der Waals surface area (Å²) in [7, 11) is 0. The molecule has 0 spiro atoms. The number of rotatable bonds is 6. The lowest BCUT2D eigenvalue weighted by molar-refractivity contribution is -0.114. The fourth-order valence-corrected chi connectivity index (χ4v) is 2.27. The molecule has 2 heterocycles. The van der Waals surface area contributed by atoms with Crippen molar-refractivity contribution >= 4 is 11.6 Å². The molecule has 0 saturated heterocycles. The van der Waals surface area contributed by atoms with Crippen LogP contribution in [0.1, 0.15) is 21.9 Å². The molecule has 2 aromatic heterocycles. The molecule has 7 heteroatoms. The quantitative estimate of drug-likeness (QED) is 0.556. The first-order chi connectivity index (χ1) is 11.1. The highest BCUT2D eigenvalue weighted by Crippen LogP contribution is 2.12. The number of hydrogen-bond donors (Lipinski definition) is 1. The Bertz CT molecular complexity index is 839. The highest BCUT2D eigenvalue weighted by molar-refractivity contribution is 6.43. The number of H-pyrrole nitrogens is 1. The van der Waals surface area contributed by atoms with Gasteiger partial charge in [0.05, 0.1) is 13.0 Å². The second-order valence-electron chi connectivity index (χ2n) is 4.98. The number of carbonyl (C=O) groups is 2. The molecule has 0 aliphatic heterocycles. The molecular weight excluding hydrogens is 299 g/mol. The van der Waals surface area contributed by atoms with E-state index in [1.165, 1.54) is 12.4 Å². The van der Waals surface area contributed by atoms with Crippen molar-refractivity contribution in [3.8, 4) is 0 Å². The normalized spacial score (nSPS) is 10.7. The van der Waals surface area contributed by atoms with Crippen LogP contribution < -0.4 is 0 Å². The molecule has 3 aromatic rings. The molecule has 3 rings (SSSR count). The minimum atomic E-state index is -0.721. The van der Waals surface area contributed by atoms with Crippen LogP contribution in [0, 0.1) is 5.82 Å². The van der Waals surface area contributed by atoms with Crippen molar-refractivity contribution in [3.63, 3.8) is 0 Å². The van der Waals surface area contributed by atoms with Crippen LogP contribution in [0.5, 0.6) is 0 Å². The van der Waals surface area contributed by atoms with Gasteiger partial charge >= 0.3 is 0 Å². The number of carbonyl (C=O) groups excluding carboxylic acids is 2. The number of ketones is 2. The first kappa shape index (κ1) is 14.8. The predicted octanol–water partition coefficient (Wildman–Crippen LogP) is 1.79. The van der Waals surface area contributed by atoms with Gasteiger partial charge in [0.2, 0.25) is 5.78 Å². The van der Waals surface area contributed by atoms with E-state index in [0.29, 0.717) is 17.8 Å². The zero-order valence-electron chi connectivity index (χ0n) is 12.1. The smallest absolute Gasteiger partial charge is 0.265 e. The molecule has 0 radical (unpaired) electrons. The van der Waals surface area contributed by atoms with Crippen molar-refractivity contribution in [1.82, 2.24) is 19.7 Å². The monoisotopic (exact) mass is 312 g/mol. The zero-order valence-corrected chi connectivity index (χ0v) is 12.1. The van der Waals surface area contributed by atoms with Gasteiger partial charge in [0.25, 0.3) is 5.78 Å². The Morgan fingerprint density at radius 2 is 2.00 bits per heavy atom. The molecule has 0 atom stereocenters. The van der Waals surface area contributed by atoms with Gasteiger partial charge in [-0.05, 0) is 18.2 Å². The Labute approximate surface area is 131 Å². The van der Waals surface area contributed by atoms with Gasteiger partial charge in [-0.1, -0.05) is 18.2 Å². The van der Waals surface area contributed by atoms with Crippen molar-refractivity contribution in [2.45, 2.75) is 13.0 Å². The van der Waals surface area contributed by atoms with Gasteiger partial charge in [-0.15, -0.1) is 0 Å². The second-order valence-corrected chi connectivity index (χ2v) is 4.98. The lowest BCUT2D eigenvalue weighted by Gasteiger charge is -2.09. The number of benzene rings is 1. The molecular formula is C16H13FN4O2. The summed E-state index contributed by atoms with van der Waals surface area (Å²) in [6.45, 7) is 0.290. The molecule has 0 aliphatic carbocycles. The lowest BCUT2D eigenvalue weighted by atomic mass is 10.1. The summed E-state index contributed by atoms with van der Waals surface area (Å²) < 4.78 is 15.5. The van der Waals surface area contributed by atoms with Crippen LogP contribution in [-0.2, 0) is 17.8 Å². The third-order valence-electron chi connectivity index (χ3n) is 3.45. The molecule has 23 heavy (non-hydrogen) atoms. The van der Waals surface area contributed by atoms with Crippen LogP contribution in [0.4, 0.5) is 4.39 Å². The van der Waals surface area contributed by atoms with E-state index in [1.807, 2.05) is 0 Å². The van der Waals surface area contributed by atoms with E-state index in [9.17, 15) is 14.0 Å². The van der Waals surface area contributed by atoms with Crippen LogP contribution in [0.25, 0.3) is 0 Å². The lowest BCUT2D eigenvalue weighted by Crippen LogP contribution is -2.20. The molecule has 116 valence electrons. The maximum Gasteiger partial charge on any atom is 0.265 e.